The Morgan fingerprint density at radius 3 is 3.06 bits per heavy atom. The minimum Gasteiger partial charge on any atom is -0.352 e. The van der Waals surface area contributed by atoms with E-state index in [1.807, 2.05) is 10.8 Å². The van der Waals surface area contributed by atoms with Gasteiger partial charge in [-0.25, -0.2) is 4.98 Å². The van der Waals surface area contributed by atoms with Crippen LogP contribution >= 0.6 is 0 Å². The van der Waals surface area contributed by atoms with E-state index in [-0.39, 0.29) is 18.0 Å². The Morgan fingerprint density at radius 1 is 1.56 bits per heavy atom. The third-order valence-electron chi connectivity index (χ3n) is 3.07. The van der Waals surface area contributed by atoms with Crippen molar-refractivity contribution in [2.45, 2.75) is 44.3 Å². The molecule has 1 amide bonds. The van der Waals surface area contributed by atoms with E-state index in [1.54, 1.807) is 12.5 Å². The summed E-state index contributed by atoms with van der Waals surface area (Å²) in [5, 5.41) is 2.99. The molecule has 1 aliphatic rings. The van der Waals surface area contributed by atoms with Gasteiger partial charge >= 0.3 is 0 Å². The van der Waals surface area contributed by atoms with Crippen LogP contribution in [0.4, 0.5) is 0 Å². The van der Waals surface area contributed by atoms with Gasteiger partial charge in [0.25, 0.3) is 0 Å². The van der Waals surface area contributed by atoms with Crippen molar-refractivity contribution < 1.29 is 4.79 Å². The zero-order valence-corrected chi connectivity index (χ0v) is 9.30. The van der Waals surface area contributed by atoms with Crippen LogP contribution in [0.15, 0.2) is 18.7 Å². The number of carbonyl (C=O) groups excluding carboxylic acids is 1. The summed E-state index contributed by atoms with van der Waals surface area (Å²) < 4.78 is 1.90. The molecule has 2 unspecified atom stereocenters. The SMILES string of the molecule is NC1CCCC1NC(=O)CCn1ccnc1. The number of nitrogens with one attached hydrogen (secondary N) is 1. The van der Waals surface area contributed by atoms with Crippen molar-refractivity contribution in [3.05, 3.63) is 18.7 Å². The summed E-state index contributed by atoms with van der Waals surface area (Å²) in [6.45, 7) is 0.674. The maximum atomic E-state index is 11.6. The topological polar surface area (TPSA) is 72.9 Å². The predicted molar refractivity (Wildman–Crippen MR) is 60.6 cm³/mol. The number of hydrogen-bond donors (Lipinski definition) is 2. The molecule has 5 heteroatoms. The minimum absolute atomic E-state index is 0.0797. The molecule has 88 valence electrons. The van der Waals surface area contributed by atoms with Crippen LogP contribution in [-0.4, -0.2) is 27.5 Å². The number of hydrogen-bond acceptors (Lipinski definition) is 3. The average molecular weight is 222 g/mol. The van der Waals surface area contributed by atoms with Crippen LogP contribution in [-0.2, 0) is 11.3 Å². The Morgan fingerprint density at radius 2 is 2.44 bits per heavy atom. The van der Waals surface area contributed by atoms with Gasteiger partial charge in [-0.3, -0.25) is 4.79 Å². The highest BCUT2D eigenvalue weighted by atomic mass is 16.1. The summed E-state index contributed by atoms with van der Waals surface area (Å²) in [4.78, 5) is 15.6. The normalized spacial score (nSPS) is 24.6. The van der Waals surface area contributed by atoms with Gasteiger partial charge in [-0.1, -0.05) is 0 Å². The van der Waals surface area contributed by atoms with E-state index < -0.39 is 0 Å². The molecule has 1 aromatic rings. The second kappa shape index (κ2) is 5.12. The van der Waals surface area contributed by atoms with Crippen molar-refractivity contribution in [2.24, 2.45) is 5.73 Å². The van der Waals surface area contributed by atoms with Crippen molar-refractivity contribution in [1.82, 2.24) is 14.9 Å². The van der Waals surface area contributed by atoms with Crippen molar-refractivity contribution in [3.63, 3.8) is 0 Å². The summed E-state index contributed by atoms with van der Waals surface area (Å²) in [6.07, 6.45) is 8.92. The first-order valence-electron chi connectivity index (χ1n) is 5.76. The maximum absolute atomic E-state index is 11.6. The van der Waals surface area contributed by atoms with E-state index >= 15 is 0 Å². The van der Waals surface area contributed by atoms with Crippen LogP contribution in [0.25, 0.3) is 0 Å². The van der Waals surface area contributed by atoms with Crippen LogP contribution in [0.3, 0.4) is 0 Å². The predicted octanol–water partition coefficient (Wildman–Crippen LogP) is 0.269. The lowest BCUT2D eigenvalue weighted by atomic mass is 10.2. The van der Waals surface area contributed by atoms with Crippen LogP contribution in [0.1, 0.15) is 25.7 Å². The summed E-state index contributed by atoms with van der Waals surface area (Å²) in [7, 11) is 0. The molecule has 3 N–H and O–H groups in total. The number of imidazole rings is 1. The number of nitrogens with zero attached hydrogens (tertiary/aromatic N) is 2. The van der Waals surface area contributed by atoms with E-state index in [9.17, 15) is 4.79 Å². The van der Waals surface area contributed by atoms with E-state index in [0.29, 0.717) is 13.0 Å². The quantitative estimate of drug-likeness (QED) is 0.768. The minimum atomic E-state index is 0.0797. The summed E-state index contributed by atoms with van der Waals surface area (Å²) in [5.41, 5.74) is 5.89. The molecular weight excluding hydrogens is 204 g/mol. The number of amides is 1. The van der Waals surface area contributed by atoms with Gasteiger partial charge in [-0.2, -0.15) is 0 Å². The Bertz CT molecular complexity index is 336. The monoisotopic (exact) mass is 222 g/mol. The van der Waals surface area contributed by atoms with Gasteiger partial charge in [0.05, 0.1) is 6.33 Å². The number of carbonyl (C=O) groups is 1. The molecule has 5 nitrogen and oxygen atoms in total. The standard InChI is InChI=1S/C11H18N4O/c12-9-2-1-3-10(9)14-11(16)4-6-15-7-5-13-8-15/h5,7-10H,1-4,6,12H2,(H,14,16). The molecule has 2 rings (SSSR count). The highest BCUT2D eigenvalue weighted by Gasteiger charge is 2.24. The Hall–Kier alpha value is -1.36. The zero-order valence-electron chi connectivity index (χ0n) is 9.30. The second-order valence-corrected chi connectivity index (χ2v) is 4.32. The fourth-order valence-corrected chi connectivity index (χ4v) is 2.10. The molecular formula is C11H18N4O. The maximum Gasteiger partial charge on any atom is 0.222 e. The molecule has 0 spiro atoms. The first-order chi connectivity index (χ1) is 7.75. The molecule has 0 aliphatic heterocycles. The van der Waals surface area contributed by atoms with Crippen LogP contribution in [0, 0.1) is 0 Å². The highest BCUT2D eigenvalue weighted by molar-refractivity contribution is 5.76. The fourth-order valence-electron chi connectivity index (χ4n) is 2.10. The smallest absolute Gasteiger partial charge is 0.222 e. The lowest BCUT2D eigenvalue weighted by Gasteiger charge is -2.17. The van der Waals surface area contributed by atoms with E-state index in [0.717, 1.165) is 19.3 Å². The Balaban J connectivity index is 1.72. The Kier molecular flexibility index (Phi) is 3.56. The van der Waals surface area contributed by atoms with Crippen molar-refractivity contribution in [3.8, 4) is 0 Å². The summed E-state index contributed by atoms with van der Waals surface area (Å²) >= 11 is 0. The average Bonchev–Trinajstić information content (AvgIpc) is 2.88. The molecule has 0 radical (unpaired) electrons. The van der Waals surface area contributed by atoms with Gasteiger partial charge in [0, 0.05) is 37.4 Å². The number of nitrogens with two attached hydrogens (primary N) is 1. The van der Waals surface area contributed by atoms with Gasteiger partial charge in [0.1, 0.15) is 0 Å². The summed E-state index contributed by atoms with van der Waals surface area (Å²) in [5.74, 6) is 0.0797. The molecule has 0 bridgehead atoms. The van der Waals surface area contributed by atoms with E-state index in [2.05, 4.69) is 10.3 Å². The van der Waals surface area contributed by atoms with Gasteiger partial charge < -0.3 is 15.6 Å². The van der Waals surface area contributed by atoms with E-state index in [1.165, 1.54) is 0 Å². The van der Waals surface area contributed by atoms with Gasteiger partial charge in [0.15, 0.2) is 0 Å². The number of aryl methyl sites for hydroxylation is 1. The van der Waals surface area contributed by atoms with Crippen LogP contribution in [0.5, 0.6) is 0 Å². The van der Waals surface area contributed by atoms with Gasteiger partial charge in [-0.15, -0.1) is 0 Å². The van der Waals surface area contributed by atoms with Crippen LogP contribution in [0.2, 0.25) is 0 Å². The molecule has 1 saturated carbocycles. The van der Waals surface area contributed by atoms with Crippen molar-refractivity contribution >= 4 is 5.91 Å². The third-order valence-corrected chi connectivity index (χ3v) is 3.07. The third kappa shape index (κ3) is 2.82. The first kappa shape index (κ1) is 11.1. The lowest BCUT2D eigenvalue weighted by Crippen LogP contribution is -2.44. The molecule has 0 saturated heterocycles. The highest BCUT2D eigenvalue weighted by Crippen LogP contribution is 2.16. The van der Waals surface area contributed by atoms with Crippen LogP contribution < -0.4 is 11.1 Å². The number of rotatable bonds is 4. The number of aromatic nitrogens is 2. The van der Waals surface area contributed by atoms with E-state index in [4.69, 9.17) is 5.73 Å². The molecule has 0 aromatic carbocycles. The molecule has 1 aliphatic carbocycles. The molecule has 2 atom stereocenters. The summed E-state index contributed by atoms with van der Waals surface area (Å²) in [6, 6.07) is 0.312. The van der Waals surface area contributed by atoms with Gasteiger partial charge in [-0.05, 0) is 19.3 Å². The Labute approximate surface area is 95.0 Å². The van der Waals surface area contributed by atoms with Crippen molar-refractivity contribution in [2.75, 3.05) is 0 Å². The fraction of sp³-hybridized carbons (Fsp3) is 0.636. The zero-order chi connectivity index (χ0) is 11.4. The molecule has 1 aromatic heterocycles. The second-order valence-electron chi connectivity index (χ2n) is 4.32. The molecule has 1 heterocycles. The molecule has 16 heavy (non-hydrogen) atoms. The van der Waals surface area contributed by atoms with Gasteiger partial charge in [0.2, 0.25) is 5.91 Å². The molecule has 1 fully saturated rings. The largest absolute Gasteiger partial charge is 0.352 e. The lowest BCUT2D eigenvalue weighted by molar-refractivity contribution is -0.122. The first-order valence-corrected chi connectivity index (χ1v) is 5.76. The van der Waals surface area contributed by atoms with Crippen molar-refractivity contribution in [1.29, 1.82) is 0 Å².